The van der Waals surface area contributed by atoms with Crippen LogP contribution in [0.2, 0.25) is 0 Å². The molecule has 1 N–H and O–H groups in total. The van der Waals surface area contributed by atoms with Crippen LogP contribution < -0.4 is 0 Å². The third kappa shape index (κ3) is 1.18. The molecule has 0 spiro atoms. The van der Waals surface area contributed by atoms with Crippen LogP contribution in [0.15, 0.2) is 42.5 Å². The number of thiophene rings is 2. The van der Waals surface area contributed by atoms with E-state index in [0.29, 0.717) is 5.75 Å². The van der Waals surface area contributed by atoms with Gasteiger partial charge in [0.15, 0.2) is 0 Å². The van der Waals surface area contributed by atoms with Crippen LogP contribution in [0.25, 0.3) is 29.6 Å². The van der Waals surface area contributed by atoms with Gasteiger partial charge in [-0.3, -0.25) is 0 Å². The second kappa shape index (κ2) is 3.22. The Morgan fingerprint density at radius 1 is 0.706 bits per heavy atom. The lowest BCUT2D eigenvalue weighted by Crippen LogP contribution is -1.63. The fraction of sp³-hybridized carbons (Fsp3) is 0. The topological polar surface area (TPSA) is 20.2 Å². The van der Waals surface area contributed by atoms with Crippen LogP contribution in [0.4, 0.5) is 0 Å². The monoisotopic (exact) mass is 256 g/mol. The largest absolute Gasteiger partial charge is 0.506 e. The first-order valence-corrected chi connectivity index (χ1v) is 6.99. The Kier molecular flexibility index (Phi) is 1.79. The molecule has 0 bridgehead atoms. The minimum atomic E-state index is 0.389. The molecular weight excluding hydrogens is 248 g/mol. The van der Waals surface area contributed by atoms with Crippen molar-refractivity contribution in [3.05, 3.63) is 42.5 Å². The summed E-state index contributed by atoms with van der Waals surface area (Å²) in [4.78, 5) is 0. The molecule has 0 unspecified atom stereocenters. The third-order valence-electron chi connectivity index (χ3n) is 2.99. The average Bonchev–Trinajstić information content (AvgIpc) is 2.87. The van der Waals surface area contributed by atoms with Crippen molar-refractivity contribution in [1.82, 2.24) is 0 Å². The van der Waals surface area contributed by atoms with Gasteiger partial charge in [-0.05, 0) is 12.1 Å². The summed E-state index contributed by atoms with van der Waals surface area (Å²) in [6.45, 7) is 0. The van der Waals surface area contributed by atoms with E-state index >= 15 is 0 Å². The molecule has 17 heavy (non-hydrogen) atoms. The fourth-order valence-electron chi connectivity index (χ4n) is 2.21. The average molecular weight is 256 g/mol. The summed E-state index contributed by atoms with van der Waals surface area (Å²) in [7, 11) is 0. The van der Waals surface area contributed by atoms with Crippen LogP contribution in [-0.2, 0) is 0 Å². The molecule has 0 atom stereocenters. The van der Waals surface area contributed by atoms with E-state index in [4.69, 9.17) is 0 Å². The standard InChI is InChI=1S/C14H8OS2/c15-10-6-3-5-9-12(10)17-13-8-4-1-2-7-11(8)16-14(9)13/h1-7,15H. The Balaban J connectivity index is 2.33. The lowest BCUT2D eigenvalue weighted by molar-refractivity contribution is 0.482. The van der Waals surface area contributed by atoms with E-state index in [1.54, 1.807) is 28.7 Å². The van der Waals surface area contributed by atoms with Crippen molar-refractivity contribution >= 4 is 52.2 Å². The van der Waals surface area contributed by atoms with Crippen LogP contribution in [0, 0.1) is 0 Å². The number of hydrogen-bond acceptors (Lipinski definition) is 3. The first kappa shape index (κ1) is 9.45. The van der Waals surface area contributed by atoms with E-state index in [-0.39, 0.29) is 0 Å². The first-order chi connectivity index (χ1) is 8.34. The van der Waals surface area contributed by atoms with E-state index in [1.807, 2.05) is 6.07 Å². The summed E-state index contributed by atoms with van der Waals surface area (Å²) in [5, 5.41) is 12.3. The van der Waals surface area contributed by atoms with Crippen molar-refractivity contribution in [2.75, 3.05) is 0 Å². The van der Waals surface area contributed by atoms with E-state index in [9.17, 15) is 5.11 Å². The van der Waals surface area contributed by atoms with E-state index in [0.717, 1.165) is 4.70 Å². The number of aromatic hydroxyl groups is 1. The molecule has 4 rings (SSSR count). The van der Waals surface area contributed by atoms with E-state index < -0.39 is 0 Å². The van der Waals surface area contributed by atoms with Gasteiger partial charge < -0.3 is 5.11 Å². The van der Waals surface area contributed by atoms with Crippen molar-refractivity contribution in [1.29, 1.82) is 0 Å². The maximum absolute atomic E-state index is 9.88. The molecule has 0 aliphatic heterocycles. The van der Waals surface area contributed by atoms with Crippen LogP contribution in [-0.4, -0.2) is 5.11 Å². The van der Waals surface area contributed by atoms with Gasteiger partial charge in [0.2, 0.25) is 0 Å². The van der Waals surface area contributed by atoms with E-state index in [2.05, 4.69) is 30.3 Å². The molecule has 82 valence electrons. The predicted molar refractivity (Wildman–Crippen MR) is 76.4 cm³/mol. The van der Waals surface area contributed by atoms with Crippen LogP contribution >= 0.6 is 22.7 Å². The Hall–Kier alpha value is -1.58. The molecule has 2 heterocycles. The normalized spacial score (nSPS) is 11.8. The third-order valence-corrected chi connectivity index (χ3v) is 5.59. The zero-order valence-corrected chi connectivity index (χ0v) is 10.4. The van der Waals surface area contributed by atoms with Crippen molar-refractivity contribution in [2.24, 2.45) is 0 Å². The van der Waals surface area contributed by atoms with Gasteiger partial charge in [-0.25, -0.2) is 0 Å². The Morgan fingerprint density at radius 3 is 2.41 bits per heavy atom. The molecule has 2 aromatic carbocycles. The maximum atomic E-state index is 9.88. The van der Waals surface area contributed by atoms with Crippen LogP contribution in [0.1, 0.15) is 0 Å². The predicted octanol–water partition coefficient (Wildman–Crippen LogP) is 4.97. The number of benzene rings is 2. The van der Waals surface area contributed by atoms with Crippen molar-refractivity contribution < 1.29 is 5.11 Å². The zero-order valence-electron chi connectivity index (χ0n) is 8.81. The molecule has 0 saturated heterocycles. The molecule has 2 aromatic heterocycles. The molecule has 0 saturated carbocycles. The zero-order chi connectivity index (χ0) is 11.4. The molecule has 0 aliphatic carbocycles. The van der Waals surface area contributed by atoms with Crippen molar-refractivity contribution in [2.45, 2.75) is 0 Å². The minimum Gasteiger partial charge on any atom is -0.506 e. The van der Waals surface area contributed by atoms with Gasteiger partial charge in [-0.15, -0.1) is 22.7 Å². The summed E-state index contributed by atoms with van der Waals surface area (Å²) in [5.74, 6) is 0.389. The van der Waals surface area contributed by atoms with Crippen LogP contribution in [0.5, 0.6) is 5.75 Å². The minimum absolute atomic E-state index is 0.389. The Morgan fingerprint density at radius 2 is 1.47 bits per heavy atom. The second-order valence-electron chi connectivity index (χ2n) is 4.01. The van der Waals surface area contributed by atoms with E-state index in [1.165, 1.54) is 24.9 Å². The summed E-state index contributed by atoms with van der Waals surface area (Å²) in [5.41, 5.74) is 0. The van der Waals surface area contributed by atoms with Gasteiger partial charge in [-0.1, -0.05) is 30.3 Å². The number of rotatable bonds is 0. The quantitative estimate of drug-likeness (QED) is 0.470. The summed E-state index contributed by atoms with van der Waals surface area (Å²) in [6.07, 6.45) is 0. The highest BCUT2D eigenvalue weighted by atomic mass is 32.1. The van der Waals surface area contributed by atoms with Gasteiger partial charge in [-0.2, -0.15) is 0 Å². The highest BCUT2D eigenvalue weighted by Crippen LogP contribution is 2.46. The SMILES string of the molecule is Oc1cccc2c1sc1c3ccccc3sc21. The number of fused-ring (bicyclic) bond motifs is 5. The Bertz CT molecular complexity index is 854. The van der Waals surface area contributed by atoms with Crippen molar-refractivity contribution in [3.8, 4) is 5.75 Å². The molecule has 0 radical (unpaired) electrons. The van der Waals surface area contributed by atoms with Gasteiger partial charge in [0.05, 0.1) is 14.1 Å². The van der Waals surface area contributed by atoms with Crippen molar-refractivity contribution in [3.63, 3.8) is 0 Å². The second-order valence-corrected chi connectivity index (χ2v) is 6.09. The number of phenolic OH excluding ortho intramolecular Hbond substituents is 1. The maximum Gasteiger partial charge on any atom is 0.133 e. The lowest BCUT2D eigenvalue weighted by atomic mass is 10.2. The highest BCUT2D eigenvalue weighted by Gasteiger charge is 2.12. The fourth-order valence-corrected chi connectivity index (χ4v) is 4.87. The summed E-state index contributed by atoms with van der Waals surface area (Å²) < 4.78 is 4.91. The number of phenols is 1. The number of hydrogen-bond donors (Lipinski definition) is 1. The summed E-state index contributed by atoms with van der Waals surface area (Å²) in [6, 6.07) is 14.2. The lowest BCUT2D eigenvalue weighted by Gasteiger charge is -1.92. The Labute approximate surface area is 106 Å². The molecule has 0 fully saturated rings. The van der Waals surface area contributed by atoms with Gasteiger partial charge >= 0.3 is 0 Å². The molecular formula is C14H8OS2. The summed E-state index contributed by atoms with van der Waals surface area (Å²) >= 11 is 3.49. The highest BCUT2D eigenvalue weighted by molar-refractivity contribution is 7.36. The molecule has 4 aromatic rings. The smallest absolute Gasteiger partial charge is 0.133 e. The molecule has 3 heteroatoms. The van der Waals surface area contributed by atoms with Gasteiger partial charge in [0, 0.05) is 15.5 Å². The molecule has 0 amide bonds. The molecule has 0 aliphatic rings. The van der Waals surface area contributed by atoms with Gasteiger partial charge in [0.1, 0.15) is 5.75 Å². The van der Waals surface area contributed by atoms with Crippen LogP contribution in [0.3, 0.4) is 0 Å². The van der Waals surface area contributed by atoms with Gasteiger partial charge in [0.25, 0.3) is 0 Å². The molecule has 1 nitrogen and oxygen atoms in total. The first-order valence-electron chi connectivity index (χ1n) is 5.36.